The predicted octanol–water partition coefficient (Wildman–Crippen LogP) is 4.47. The van der Waals surface area contributed by atoms with Crippen LogP contribution in [0.4, 0.5) is 30.2 Å². The van der Waals surface area contributed by atoms with E-state index in [0.29, 0.717) is 18.8 Å². The SMILES string of the molecule is O=C(Nc1cc(C(F)(F)F)ccc1N1CCCC1)c1ccccc1[N+](=O)[O-]. The number of nitro benzene ring substituents is 1. The van der Waals surface area contributed by atoms with Gasteiger partial charge < -0.3 is 10.2 Å². The van der Waals surface area contributed by atoms with Crippen LogP contribution < -0.4 is 10.2 Å². The number of rotatable bonds is 4. The van der Waals surface area contributed by atoms with Crippen LogP contribution >= 0.6 is 0 Å². The first kappa shape index (κ1) is 18.7. The summed E-state index contributed by atoms with van der Waals surface area (Å²) in [5, 5.41) is 13.5. The molecule has 0 aliphatic carbocycles. The summed E-state index contributed by atoms with van der Waals surface area (Å²) in [4.78, 5) is 24.8. The highest BCUT2D eigenvalue weighted by Gasteiger charge is 2.32. The van der Waals surface area contributed by atoms with Crippen molar-refractivity contribution in [1.82, 2.24) is 0 Å². The number of nitro groups is 1. The highest BCUT2D eigenvalue weighted by atomic mass is 19.4. The van der Waals surface area contributed by atoms with Crippen LogP contribution in [0.2, 0.25) is 0 Å². The van der Waals surface area contributed by atoms with Gasteiger partial charge in [-0.15, -0.1) is 0 Å². The predicted molar refractivity (Wildman–Crippen MR) is 93.9 cm³/mol. The Morgan fingerprint density at radius 2 is 1.78 bits per heavy atom. The molecule has 6 nitrogen and oxygen atoms in total. The lowest BCUT2D eigenvalue weighted by Gasteiger charge is -2.23. The summed E-state index contributed by atoms with van der Waals surface area (Å²) in [5.41, 5.74) is -1.08. The molecule has 142 valence electrons. The average molecular weight is 379 g/mol. The van der Waals surface area contributed by atoms with E-state index >= 15 is 0 Å². The molecule has 0 saturated carbocycles. The minimum atomic E-state index is -4.57. The van der Waals surface area contributed by atoms with Crippen molar-refractivity contribution in [2.24, 2.45) is 0 Å². The Kier molecular flexibility index (Phi) is 5.02. The number of nitrogens with zero attached hydrogens (tertiary/aromatic N) is 2. The monoisotopic (exact) mass is 379 g/mol. The van der Waals surface area contributed by atoms with E-state index in [4.69, 9.17) is 0 Å². The molecule has 0 unspecified atom stereocenters. The summed E-state index contributed by atoms with van der Waals surface area (Å²) in [6, 6.07) is 8.45. The van der Waals surface area contributed by atoms with Gasteiger partial charge in [0.1, 0.15) is 5.56 Å². The summed E-state index contributed by atoms with van der Waals surface area (Å²) >= 11 is 0. The van der Waals surface area contributed by atoms with E-state index in [1.165, 1.54) is 30.3 Å². The summed E-state index contributed by atoms with van der Waals surface area (Å²) < 4.78 is 39.3. The maximum absolute atomic E-state index is 13.1. The number of anilines is 2. The fraction of sp³-hybridized carbons (Fsp3) is 0.278. The van der Waals surface area contributed by atoms with Gasteiger partial charge in [-0.05, 0) is 37.1 Å². The van der Waals surface area contributed by atoms with Crippen LogP contribution in [0.3, 0.4) is 0 Å². The summed E-state index contributed by atoms with van der Waals surface area (Å²) in [6.45, 7) is 1.33. The van der Waals surface area contributed by atoms with E-state index in [9.17, 15) is 28.1 Å². The number of halogens is 3. The number of carbonyl (C=O) groups excluding carboxylic acids is 1. The van der Waals surface area contributed by atoms with Gasteiger partial charge in [0.05, 0.1) is 21.9 Å². The first-order valence-corrected chi connectivity index (χ1v) is 8.28. The molecule has 1 fully saturated rings. The van der Waals surface area contributed by atoms with Gasteiger partial charge in [0.2, 0.25) is 0 Å². The number of alkyl halides is 3. The minimum Gasteiger partial charge on any atom is -0.370 e. The largest absolute Gasteiger partial charge is 0.416 e. The molecule has 0 radical (unpaired) electrons. The van der Waals surface area contributed by atoms with E-state index in [2.05, 4.69) is 5.32 Å². The minimum absolute atomic E-state index is 0.0186. The molecule has 0 atom stereocenters. The lowest BCUT2D eigenvalue weighted by Crippen LogP contribution is -2.22. The standard InChI is InChI=1S/C18H16F3N3O3/c19-18(20,21)12-7-8-16(23-9-3-4-10-23)14(11-12)22-17(25)13-5-1-2-6-15(13)24(26)27/h1-2,5-8,11H,3-4,9-10H2,(H,22,25). The fourth-order valence-electron chi connectivity index (χ4n) is 3.06. The van der Waals surface area contributed by atoms with E-state index in [0.717, 1.165) is 25.0 Å². The van der Waals surface area contributed by atoms with E-state index in [1.54, 1.807) is 0 Å². The molecular weight excluding hydrogens is 363 g/mol. The van der Waals surface area contributed by atoms with Gasteiger partial charge in [0, 0.05) is 19.2 Å². The Morgan fingerprint density at radius 1 is 1.11 bits per heavy atom. The van der Waals surface area contributed by atoms with Gasteiger partial charge in [0.25, 0.3) is 11.6 Å². The maximum atomic E-state index is 13.1. The Morgan fingerprint density at radius 3 is 2.41 bits per heavy atom. The summed E-state index contributed by atoms with van der Waals surface area (Å²) in [7, 11) is 0. The number of nitrogens with one attached hydrogen (secondary N) is 1. The molecule has 27 heavy (non-hydrogen) atoms. The molecule has 1 N–H and O–H groups in total. The second-order valence-corrected chi connectivity index (χ2v) is 6.15. The normalized spacial score (nSPS) is 14.3. The van der Waals surface area contributed by atoms with Gasteiger partial charge in [-0.25, -0.2) is 0 Å². The van der Waals surface area contributed by atoms with Crippen molar-refractivity contribution in [3.05, 3.63) is 63.7 Å². The number of hydrogen-bond acceptors (Lipinski definition) is 4. The average Bonchev–Trinajstić information content (AvgIpc) is 3.15. The Balaban J connectivity index is 1.99. The highest BCUT2D eigenvalue weighted by Crippen LogP contribution is 2.37. The van der Waals surface area contributed by atoms with E-state index < -0.39 is 28.3 Å². The Hall–Kier alpha value is -3.10. The zero-order chi connectivity index (χ0) is 19.6. The highest BCUT2D eigenvalue weighted by molar-refractivity contribution is 6.08. The van der Waals surface area contributed by atoms with Crippen LogP contribution in [0.25, 0.3) is 0 Å². The quantitative estimate of drug-likeness (QED) is 0.628. The number of amides is 1. The molecule has 0 aromatic heterocycles. The molecule has 1 amide bonds. The molecule has 3 rings (SSSR count). The number of benzene rings is 2. The van der Waals surface area contributed by atoms with Crippen molar-refractivity contribution in [2.45, 2.75) is 19.0 Å². The fourth-order valence-corrected chi connectivity index (χ4v) is 3.06. The third-order valence-electron chi connectivity index (χ3n) is 4.36. The number of para-hydroxylation sites is 1. The van der Waals surface area contributed by atoms with Gasteiger partial charge in [-0.2, -0.15) is 13.2 Å². The van der Waals surface area contributed by atoms with Crippen LogP contribution in [0.1, 0.15) is 28.8 Å². The molecule has 1 saturated heterocycles. The van der Waals surface area contributed by atoms with Crippen LogP contribution in [0.5, 0.6) is 0 Å². The zero-order valence-electron chi connectivity index (χ0n) is 14.1. The third kappa shape index (κ3) is 4.02. The van der Waals surface area contributed by atoms with Crippen LogP contribution in [0, 0.1) is 10.1 Å². The molecule has 0 bridgehead atoms. The van der Waals surface area contributed by atoms with Crippen molar-refractivity contribution in [3.8, 4) is 0 Å². The maximum Gasteiger partial charge on any atom is 0.416 e. The second-order valence-electron chi connectivity index (χ2n) is 6.15. The smallest absolute Gasteiger partial charge is 0.370 e. The molecule has 9 heteroatoms. The molecule has 1 aliphatic heterocycles. The molecular formula is C18H16F3N3O3. The van der Waals surface area contributed by atoms with E-state index in [-0.39, 0.29) is 11.3 Å². The first-order valence-electron chi connectivity index (χ1n) is 8.28. The molecule has 2 aromatic carbocycles. The van der Waals surface area contributed by atoms with Gasteiger partial charge in [-0.3, -0.25) is 14.9 Å². The van der Waals surface area contributed by atoms with Crippen molar-refractivity contribution in [1.29, 1.82) is 0 Å². The Bertz CT molecular complexity index is 878. The van der Waals surface area contributed by atoms with Crippen LogP contribution in [0.15, 0.2) is 42.5 Å². The van der Waals surface area contributed by atoms with Crippen LogP contribution in [-0.4, -0.2) is 23.9 Å². The van der Waals surface area contributed by atoms with Crippen molar-refractivity contribution in [3.63, 3.8) is 0 Å². The Labute approximate surface area is 152 Å². The molecule has 1 heterocycles. The lowest BCUT2D eigenvalue weighted by molar-refractivity contribution is -0.385. The molecule has 1 aliphatic rings. The molecule has 2 aromatic rings. The van der Waals surface area contributed by atoms with Crippen molar-refractivity contribution >= 4 is 23.0 Å². The first-order chi connectivity index (χ1) is 12.8. The summed E-state index contributed by atoms with van der Waals surface area (Å²) in [5.74, 6) is -0.831. The summed E-state index contributed by atoms with van der Waals surface area (Å²) in [6.07, 6.45) is -2.76. The lowest BCUT2D eigenvalue weighted by atomic mass is 10.1. The number of carbonyl (C=O) groups is 1. The van der Waals surface area contributed by atoms with Crippen molar-refractivity contribution < 1.29 is 22.9 Å². The number of hydrogen-bond donors (Lipinski definition) is 1. The van der Waals surface area contributed by atoms with Gasteiger partial charge >= 0.3 is 6.18 Å². The van der Waals surface area contributed by atoms with Gasteiger partial charge in [0.15, 0.2) is 0 Å². The van der Waals surface area contributed by atoms with Crippen molar-refractivity contribution in [2.75, 3.05) is 23.3 Å². The van der Waals surface area contributed by atoms with E-state index in [1.807, 2.05) is 4.90 Å². The topological polar surface area (TPSA) is 75.5 Å². The second kappa shape index (κ2) is 7.26. The third-order valence-corrected chi connectivity index (χ3v) is 4.36. The van der Waals surface area contributed by atoms with Crippen LogP contribution in [-0.2, 0) is 6.18 Å². The zero-order valence-corrected chi connectivity index (χ0v) is 14.1. The molecule has 0 spiro atoms. The van der Waals surface area contributed by atoms with Gasteiger partial charge in [-0.1, -0.05) is 12.1 Å².